The van der Waals surface area contributed by atoms with Gasteiger partial charge in [-0.05, 0) is 37.4 Å². The normalized spacial score (nSPS) is 24.4. The second kappa shape index (κ2) is 10.6. The number of likely N-dealkylation sites (N-methyl/N-ethyl adjacent to an activating group) is 1. The lowest BCUT2D eigenvalue weighted by molar-refractivity contribution is -0.147. The molecule has 194 valence electrons. The van der Waals surface area contributed by atoms with Crippen LogP contribution in [0.25, 0.3) is 0 Å². The van der Waals surface area contributed by atoms with Gasteiger partial charge in [0.25, 0.3) is 0 Å². The number of likely N-dealkylation sites (tertiary alicyclic amines) is 1. The number of nitrogens with one attached hydrogen (secondary N) is 1. The molecule has 3 amide bonds. The van der Waals surface area contributed by atoms with Gasteiger partial charge >= 0.3 is 0 Å². The molecule has 2 heterocycles. The van der Waals surface area contributed by atoms with Crippen molar-refractivity contribution >= 4 is 17.7 Å². The van der Waals surface area contributed by atoms with Crippen molar-refractivity contribution in [3.8, 4) is 0 Å². The van der Waals surface area contributed by atoms with Crippen LogP contribution in [0.15, 0.2) is 18.2 Å². The predicted octanol–water partition coefficient (Wildman–Crippen LogP) is 2.61. The maximum Gasteiger partial charge on any atom is 0.245 e. The van der Waals surface area contributed by atoms with Crippen molar-refractivity contribution in [3.63, 3.8) is 0 Å². The Labute approximate surface area is 206 Å². The van der Waals surface area contributed by atoms with Crippen molar-refractivity contribution in [2.45, 2.75) is 59.0 Å². The molecule has 2 aliphatic heterocycles. The third-order valence-electron chi connectivity index (χ3n) is 6.90. The number of hydrogen-bond donors (Lipinski definition) is 1. The minimum absolute atomic E-state index is 0.0734. The van der Waals surface area contributed by atoms with E-state index in [0.29, 0.717) is 44.7 Å². The van der Waals surface area contributed by atoms with E-state index >= 15 is 0 Å². The molecular formula is C26H38F2N4O3. The number of hydrogen-bond acceptors (Lipinski definition) is 4. The first-order chi connectivity index (χ1) is 16.3. The van der Waals surface area contributed by atoms with Crippen LogP contribution < -0.4 is 5.32 Å². The molecule has 1 aromatic carbocycles. The molecule has 0 aromatic heterocycles. The van der Waals surface area contributed by atoms with Crippen LogP contribution in [-0.4, -0.2) is 84.3 Å². The topological polar surface area (TPSA) is 73.0 Å². The molecule has 0 spiro atoms. The summed E-state index contributed by atoms with van der Waals surface area (Å²) in [4.78, 5) is 44.1. The molecule has 0 radical (unpaired) electrons. The van der Waals surface area contributed by atoms with Crippen molar-refractivity contribution < 1.29 is 23.2 Å². The van der Waals surface area contributed by atoms with E-state index in [4.69, 9.17) is 0 Å². The van der Waals surface area contributed by atoms with Crippen molar-refractivity contribution in [1.29, 1.82) is 0 Å². The highest BCUT2D eigenvalue weighted by atomic mass is 19.1. The minimum Gasteiger partial charge on any atom is -0.345 e. The summed E-state index contributed by atoms with van der Waals surface area (Å²) in [7, 11) is 1.89. The number of piperazine rings is 1. The summed E-state index contributed by atoms with van der Waals surface area (Å²) in [5.74, 6) is -2.54. The molecule has 3 rings (SSSR count). The monoisotopic (exact) mass is 492 g/mol. The maximum atomic E-state index is 14.6. The summed E-state index contributed by atoms with van der Waals surface area (Å²) in [5, 5.41) is 2.79. The van der Waals surface area contributed by atoms with Crippen LogP contribution >= 0.6 is 0 Å². The van der Waals surface area contributed by atoms with Gasteiger partial charge in [0.1, 0.15) is 17.7 Å². The van der Waals surface area contributed by atoms with E-state index in [0.717, 1.165) is 6.07 Å². The van der Waals surface area contributed by atoms with E-state index in [9.17, 15) is 23.2 Å². The fourth-order valence-electron chi connectivity index (χ4n) is 5.34. The highest BCUT2D eigenvalue weighted by Crippen LogP contribution is 2.35. The van der Waals surface area contributed by atoms with Gasteiger partial charge in [-0.2, -0.15) is 0 Å². The van der Waals surface area contributed by atoms with Crippen LogP contribution in [0, 0.1) is 23.0 Å². The number of carbonyl (C=O) groups excluding carboxylic acids is 3. The van der Waals surface area contributed by atoms with Gasteiger partial charge < -0.3 is 20.0 Å². The third-order valence-corrected chi connectivity index (χ3v) is 6.90. The van der Waals surface area contributed by atoms with Crippen LogP contribution in [0.3, 0.4) is 0 Å². The average molecular weight is 493 g/mol. The van der Waals surface area contributed by atoms with Crippen LogP contribution in [0.2, 0.25) is 0 Å². The van der Waals surface area contributed by atoms with Gasteiger partial charge in [-0.3, -0.25) is 14.4 Å². The lowest BCUT2D eigenvalue weighted by atomic mass is 9.86. The third kappa shape index (κ3) is 6.57. The van der Waals surface area contributed by atoms with Gasteiger partial charge in [-0.15, -0.1) is 0 Å². The number of carbonyl (C=O) groups is 3. The average Bonchev–Trinajstić information content (AvgIpc) is 3.12. The van der Waals surface area contributed by atoms with Gasteiger partial charge in [0, 0.05) is 57.7 Å². The SMILES string of the molecule is CC(=O)N[C@@H](CC(C)(C)C)C(=O)N1CCN(C(=O)[C@@H]2CN(C)C[C@H]2c2ccc(F)cc2F)[C@@H](C)C1. The van der Waals surface area contributed by atoms with Crippen molar-refractivity contribution in [3.05, 3.63) is 35.4 Å². The van der Waals surface area contributed by atoms with Crippen LogP contribution in [0.1, 0.15) is 52.5 Å². The molecule has 2 fully saturated rings. The van der Waals surface area contributed by atoms with E-state index in [1.165, 1.54) is 19.1 Å². The van der Waals surface area contributed by atoms with Gasteiger partial charge in [-0.25, -0.2) is 8.78 Å². The first kappa shape index (κ1) is 27.0. The molecule has 9 heteroatoms. The molecule has 2 aliphatic rings. The molecule has 0 saturated carbocycles. The molecule has 0 unspecified atom stereocenters. The van der Waals surface area contributed by atoms with E-state index in [1.54, 1.807) is 9.80 Å². The zero-order valence-corrected chi connectivity index (χ0v) is 21.6. The Bertz CT molecular complexity index is 964. The Hall–Kier alpha value is -2.55. The zero-order chi connectivity index (χ0) is 26.1. The largest absolute Gasteiger partial charge is 0.345 e. The van der Waals surface area contributed by atoms with Gasteiger partial charge in [0.15, 0.2) is 0 Å². The van der Waals surface area contributed by atoms with E-state index in [-0.39, 0.29) is 35.1 Å². The molecule has 1 aromatic rings. The Morgan fingerprint density at radius 2 is 1.80 bits per heavy atom. The smallest absolute Gasteiger partial charge is 0.245 e. The summed E-state index contributed by atoms with van der Waals surface area (Å²) in [6, 6.07) is 2.69. The maximum absolute atomic E-state index is 14.6. The Morgan fingerprint density at radius 1 is 1.11 bits per heavy atom. The second-order valence-electron chi connectivity index (χ2n) is 11.3. The van der Waals surface area contributed by atoms with Crippen molar-refractivity contribution in [2.75, 3.05) is 39.8 Å². The van der Waals surface area contributed by atoms with Crippen LogP contribution in [-0.2, 0) is 14.4 Å². The number of halogens is 2. The molecule has 4 atom stereocenters. The molecule has 7 nitrogen and oxygen atoms in total. The van der Waals surface area contributed by atoms with E-state index in [2.05, 4.69) is 5.32 Å². The second-order valence-corrected chi connectivity index (χ2v) is 11.3. The van der Waals surface area contributed by atoms with E-state index in [1.807, 2.05) is 39.6 Å². The summed E-state index contributed by atoms with van der Waals surface area (Å²) in [5.41, 5.74) is 0.210. The zero-order valence-electron chi connectivity index (χ0n) is 21.6. The van der Waals surface area contributed by atoms with Gasteiger partial charge in [-0.1, -0.05) is 26.8 Å². The van der Waals surface area contributed by atoms with Crippen molar-refractivity contribution in [2.24, 2.45) is 11.3 Å². The summed E-state index contributed by atoms with van der Waals surface area (Å²) in [6.45, 7) is 11.5. The lowest BCUT2D eigenvalue weighted by Gasteiger charge is -2.42. The fourth-order valence-corrected chi connectivity index (χ4v) is 5.34. The highest BCUT2D eigenvalue weighted by molar-refractivity contribution is 5.87. The fraction of sp³-hybridized carbons (Fsp3) is 0.654. The molecule has 0 aliphatic carbocycles. The summed E-state index contributed by atoms with van der Waals surface area (Å²) >= 11 is 0. The van der Waals surface area contributed by atoms with Crippen molar-refractivity contribution in [1.82, 2.24) is 20.0 Å². The summed E-state index contributed by atoms with van der Waals surface area (Å²) < 4.78 is 28.0. The number of rotatable bonds is 5. The Kier molecular flexibility index (Phi) is 8.19. The molecule has 35 heavy (non-hydrogen) atoms. The predicted molar refractivity (Wildman–Crippen MR) is 130 cm³/mol. The molecule has 1 N–H and O–H groups in total. The first-order valence-electron chi connectivity index (χ1n) is 12.3. The minimum atomic E-state index is -0.640. The van der Waals surface area contributed by atoms with Gasteiger partial charge in [0.05, 0.1) is 5.92 Å². The quantitative estimate of drug-likeness (QED) is 0.686. The summed E-state index contributed by atoms with van der Waals surface area (Å²) in [6.07, 6.45) is 0.512. The highest BCUT2D eigenvalue weighted by Gasteiger charge is 2.43. The Balaban J connectivity index is 1.72. The standard InChI is InChI=1S/C26H38F2N4O3/c1-16-13-31(25(35)23(29-17(2)33)12-26(3,4)5)9-10-32(16)24(34)21-15-30(6)14-20(21)19-8-7-18(27)11-22(19)28/h7-8,11,16,20-21,23H,9-10,12-15H2,1-6H3,(H,29,33)/t16-,20-,21+,23-/m0/s1. The van der Waals surface area contributed by atoms with Crippen LogP contribution in [0.5, 0.6) is 0 Å². The Morgan fingerprint density at radius 3 is 2.37 bits per heavy atom. The molecule has 0 bridgehead atoms. The number of amides is 3. The van der Waals surface area contributed by atoms with Crippen LogP contribution in [0.4, 0.5) is 8.78 Å². The first-order valence-corrected chi connectivity index (χ1v) is 12.3. The molecular weight excluding hydrogens is 454 g/mol. The molecule has 2 saturated heterocycles. The van der Waals surface area contributed by atoms with E-state index < -0.39 is 23.6 Å². The lowest BCUT2D eigenvalue weighted by Crippen LogP contribution is -2.60. The number of benzene rings is 1. The number of nitrogens with zero attached hydrogens (tertiary/aromatic N) is 3. The van der Waals surface area contributed by atoms with Gasteiger partial charge in [0.2, 0.25) is 17.7 Å².